The highest BCUT2D eigenvalue weighted by Gasteiger charge is 2.10. The van der Waals surface area contributed by atoms with E-state index in [9.17, 15) is 10.1 Å². The maximum atomic E-state index is 10.1. The number of guanidine groups is 1. The number of hydrogen-bond acceptors (Lipinski definition) is 6. The van der Waals surface area contributed by atoms with Gasteiger partial charge in [0.25, 0.3) is 5.96 Å². The predicted molar refractivity (Wildman–Crippen MR) is 78.8 cm³/mol. The molecule has 1 aromatic carbocycles. The highest BCUT2D eigenvalue weighted by Crippen LogP contribution is 2.15. The van der Waals surface area contributed by atoms with E-state index in [4.69, 9.17) is 10.5 Å². The standard InChI is InChI=1S/C12H16N6O3/c13-12(16-18(19)20)15-14-9-10-1-3-11(4-2-10)17-5-7-21-8-6-17/h1-4,9H,5-8H2,(H3,13,15,16)/b14-9-. The molecule has 0 radical (unpaired) electrons. The lowest BCUT2D eigenvalue weighted by Gasteiger charge is -2.28. The molecule has 1 fully saturated rings. The molecule has 1 heterocycles. The van der Waals surface area contributed by atoms with E-state index in [0.717, 1.165) is 37.6 Å². The van der Waals surface area contributed by atoms with E-state index >= 15 is 0 Å². The maximum absolute atomic E-state index is 10.1. The Hall–Kier alpha value is -2.68. The molecule has 1 saturated heterocycles. The van der Waals surface area contributed by atoms with Gasteiger partial charge in [0.2, 0.25) is 0 Å². The van der Waals surface area contributed by atoms with Gasteiger partial charge in [-0.3, -0.25) is 0 Å². The number of nitro groups is 1. The van der Waals surface area contributed by atoms with Crippen LogP contribution in [0.4, 0.5) is 5.69 Å². The van der Waals surface area contributed by atoms with Gasteiger partial charge < -0.3 is 15.4 Å². The molecule has 0 unspecified atom stereocenters. The second-order valence-corrected chi connectivity index (χ2v) is 4.29. The van der Waals surface area contributed by atoms with E-state index in [1.165, 1.54) is 6.21 Å². The number of hydrazine groups is 1. The fourth-order valence-electron chi connectivity index (χ4n) is 1.87. The smallest absolute Gasteiger partial charge is 0.275 e. The number of nitrogens with one attached hydrogen (secondary N) is 1. The molecule has 0 spiro atoms. The molecule has 112 valence electrons. The summed E-state index contributed by atoms with van der Waals surface area (Å²) in [5.74, 6) is -0.374. The fourth-order valence-corrected chi connectivity index (χ4v) is 1.87. The zero-order valence-corrected chi connectivity index (χ0v) is 11.3. The van der Waals surface area contributed by atoms with Crippen LogP contribution in [0.15, 0.2) is 34.5 Å². The normalized spacial score (nSPS) is 16.2. The van der Waals surface area contributed by atoms with Crippen molar-refractivity contribution >= 4 is 17.9 Å². The number of morpholine rings is 1. The SMILES string of the molecule is NC(=N/N=C\c1ccc(N2CCOCC2)cc1)N[N+](=O)[O-]. The predicted octanol–water partition coefficient (Wildman–Crippen LogP) is -0.0469. The Bertz CT molecular complexity index is 536. The molecule has 0 amide bonds. The van der Waals surface area contributed by atoms with Gasteiger partial charge >= 0.3 is 0 Å². The van der Waals surface area contributed by atoms with Crippen LogP contribution in [-0.2, 0) is 4.74 Å². The van der Waals surface area contributed by atoms with Crippen molar-refractivity contribution in [3.8, 4) is 0 Å². The Balaban J connectivity index is 1.94. The van der Waals surface area contributed by atoms with Crippen molar-refractivity contribution in [1.82, 2.24) is 5.43 Å². The van der Waals surface area contributed by atoms with Gasteiger partial charge in [0.15, 0.2) is 5.03 Å². The highest BCUT2D eigenvalue weighted by molar-refractivity contribution is 5.82. The molecular formula is C12H16N6O3. The van der Waals surface area contributed by atoms with E-state index in [0.29, 0.717) is 0 Å². The summed E-state index contributed by atoms with van der Waals surface area (Å²) in [6.07, 6.45) is 1.47. The topological polar surface area (TPSA) is 118 Å². The summed E-state index contributed by atoms with van der Waals surface area (Å²) in [4.78, 5) is 12.3. The van der Waals surface area contributed by atoms with E-state index in [1.54, 1.807) is 5.43 Å². The molecule has 3 N–H and O–H groups in total. The van der Waals surface area contributed by atoms with E-state index in [2.05, 4.69) is 15.1 Å². The van der Waals surface area contributed by atoms with Gasteiger partial charge in [-0.1, -0.05) is 17.6 Å². The summed E-state index contributed by atoms with van der Waals surface area (Å²) in [5, 5.41) is 16.4. The van der Waals surface area contributed by atoms with Crippen molar-refractivity contribution in [3.05, 3.63) is 39.9 Å². The molecule has 0 bridgehead atoms. The number of rotatable bonds is 4. The van der Waals surface area contributed by atoms with Crippen LogP contribution in [0.1, 0.15) is 5.56 Å². The van der Waals surface area contributed by atoms with Crippen LogP contribution < -0.4 is 16.1 Å². The number of hydrogen-bond donors (Lipinski definition) is 2. The number of anilines is 1. The van der Waals surface area contributed by atoms with Crippen LogP contribution in [-0.4, -0.2) is 43.5 Å². The molecule has 21 heavy (non-hydrogen) atoms. The highest BCUT2D eigenvalue weighted by atomic mass is 16.7. The third kappa shape index (κ3) is 4.73. The second kappa shape index (κ2) is 7.20. The Morgan fingerprint density at radius 2 is 2.05 bits per heavy atom. The first-order valence-corrected chi connectivity index (χ1v) is 6.35. The number of benzene rings is 1. The zero-order chi connectivity index (χ0) is 15.1. The van der Waals surface area contributed by atoms with Crippen LogP contribution in [0.5, 0.6) is 0 Å². The molecular weight excluding hydrogens is 276 g/mol. The van der Waals surface area contributed by atoms with Crippen molar-refractivity contribution in [3.63, 3.8) is 0 Å². The van der Waals surface area contributed by atoms with Crippen LogP contribution in [0.2, 0.25) is 0 Å². The Morgan fingerprint density at radius 1 is 1.38 bits per heavy atom. The van der Waals surface area contributed by atoms with Gasteiger partial charge in [-0.2, -0.15) is 5.10 Å². The van der Waals surface area contributed by atoms with Gasteiger partial charge in [0.1, 0.15) is 0 Å². The minimum atomic E-state index is -0.800. The first-order valence-electron chi connectivity index (χ1n) is 6.35. The Morgan fingerprint density at radius 3 is 2.67 bits per heavy atom. The average Bonchev–Trinajstić information content (AvgIpc) is 2.48. The van der Waals surface area contributed by atoms with E-state index in [-0.39, 0.29) is 5.96 Å². The van der Waals surface area contributed by atoms with Crippen molar-refractivity contribution in [2.45, 2.75) is 0 Å². The summed E-state index contributed by atoms with van der Waals surface area (Å²) in [6, 6.07) is 7.74. The van der Waals surface area contributed by atoms with E-state index < -0.39 is 5.03 Å². The lowest BCUT2D eigenvalue weighted by Crippen LogP contribution is -2.36. The van der Waals surface area contributed by atoms with Crippen LogP contribution in [0, 0.1) is 10.1 Å². The molecule has 1 aliphatic rings. The van der Waals surface area contributed by atoms with E-state index in [1.807, 2.05) is 24.3 Å². The van der Waals surface area contributed by atoms with Gasteiger partial charge in [0.05, 0.1) is 19.4 Å². The number of nitrogens with zero attached hydrogens (tertiary/aromatic N) is 4. The monoisotopic (exact) mass is 292 g/mol. The molecule has 9 nitrogen and oxygen atoms in total. The van der Waals surface area contributed by atoms with Crippen molar-refractivity contribution < 1.29 is 9.77 Å². The largest absolute Gasteiger partial charge is 0.378 e. The first-order chi connectivity index (χ1) is 10.1. The lowest BCUT2D eigenvalue weighted by atomic mass is 10.2. The lowest BCUT2D eigenvalue weighted by molar-refractivity contribution is -0.525. The minimum Gasteiger partial charge on any atom is -0.378 e. The third-order valence-corrected chi connectivity index (χ3v) is 2.85. The van der Waals surface area contributed by atoms with Crippen molar-refractivity contribution in [1.29, 1.82) is 0 Å². The van der Waals surface area contributed by atoms with Gasteiger partial charge in [-0.25, -0.2) is 10.1 Å². The van der Waals surface area contributed by atoms with Crippen LogP contribution >= 0.6 is 0 Å². The molecule has 1 aromatic rings. The van der Waals surface area contributed by atoms with Gasteiger partial charge in [0, 0.05) is 18.8 Å². The second-order valence-electron chi connectivity index (χ2n) is 4.29. The summed E-state index contributed by atoms with van der Waals surface area (Å²) in [7, 11) is 0. The number of ether oxygens (including phenoxy) is 1. The number of nitrogens with two attached hydrogens (primary N) is 1. The van der Waals surface area contributed by atoms with Gasteiger partial charge in [-0.05, 0) is 17.7 Å². The fraction of sp³-hybridized carbons (Fsp3) is 0.333. The molecule has 0 aromatic heterocycles. The van der Waals surface area contributed by atoms with Crippen LogP contribution in [0.3, 0.4) is 0 Å². The maximum Gasteiger partial charge on any atom is 0.275 e. The zero-order valence-electron chi connectivity index (χ0n) is 11.3. The molecule has 2 rings (SSSR count). The molecule has 1 aliphatic heterocycles. The summed E-state index contributed by atoms with van der Waals surface area (Å²) < 4.78 is 5.30. The molecule has 0 atom stereocenters. The Kier molecular flexibility index (Phi) is 5.04. The quantitative estimate of drug-likeness (QED) is 0.348. The molecule has 9 heteroatoms. The summed E-state index contributed by atoms with van der Waals surface area (Å²) in [6.45, 7) is 3.23. The molecule has 0 aliphatic carbocycles. The summed E-state index contributed by atoms with van der Waals surface area (Å²) in [5.41, 5.74) is 8.87. The van der Waals surface area contributed by atoms with Gasteiger partial charge in [-0.15, -0.1) is 5.10 Å². The van der Waals surface area contributed by atoms with Crippen LogP contribution in [0.25, 0.3) is 0 Å². The van der Waals surface area contributed by atoms with Crippen molar-refractivity contribution in [2.75, 3.05) is 31.2 Å². The van der Waals surface area contributed by atoms with Crippen molar-refractivity contribution in [2.24, 2.45) is 15.9 Å². The first kappa shape index (κ1) is 14.7. The minimum absolute atomic E-state index is 0.374. The Labute approximate surface area is 121 Å². The summed E-state index contributed by atoms with van der Waals surface area (Å²) >= 11 is 0. The third-order valence-electron chi connectivity index (χ3n) is 2.85. The average molecular weight is 292 g/mol. The molecule has 0 saturated carbocycles.